The molecule has 2 bridgehead atoms. The minimum absolute atomic E-state index is 0.256. The average molecular weight is 513 g/mol. The molecule has 38 heavy (non-hydrogen) atoms. The molecule has 3 aliphatic heterocycles. The highest BCUT2D eigenvalue weighted by molar-refractivity contribution is 6.00. The Hall–Kier alpha value is -3.36. The fourth-order valence-electron chi connectivity index (χ4n) is 6.54. The van der Waals surface area contributed by atoms with E-state index in [-0.39, 0.29) is 5.82 Å². The molecule has 1 N–H and O–H groups in total. The summed E-state index contributed by atoms with van der Waals surface area (Å²) < 4.78 is 20.5. The van der Waals surface area contributed by atoms with Crippen molar-refractivity contribution >= 4 is 27.5 Å². The van der Waals surface area contributed by atoms with Crippen LogP contribution in [-0.4, -0.2) is 71.3 Å². The first-order valence-corrected chi connectivity index (χ1v) is 13.7. The third-order valence-corrected chi connectivity index (χ3v) is 8.63. The first kappa shape index (κ1) is 23.7. The zero-order valence-corrected chi connectivity index (χ0v) is 22.0. The lowest BCUT2D eigenvalue weighted by Gasteiger charge is -2.34. The summed E-state index contributed by atoms with van der Waals surface area (Å²) in [7, 11) is 2.15. The molecule has 3 saturated heterocycles. The van der Waals surface area contributed by atoms with Gasteiger partial charge in [-0.3, -0.25) is 4.98 Å². The number of aromatic nitrogens is 3. The van der Waals surface area contributed by atoms with Crippen LogP contribution in [0.15, 0.2) is 42.6 Å². The number of likely N-dealkylation sites (tertiary alicyclic amines) is 1. The van der Waals surface area contributed by atoms with Crippen LogP contribution in [0.2, 0.25) is 0 Å². The van der Waals surface area contributed by atoms with Gasteiger partial charge in [0.2, 0.25) is 0 Å². The SMILES string of the molecule is Cc1c(-c2cccc3ccc(F)cc23)ncc2c(N3CC4CCC(C3)N4)nc(OC[C@@H]3CCCN3C)nc12. The molecule has 4 aromatic rings. The molecule has 0 radical (unpaired) electrons. The fourth-order valence-corrected chi connectivity index (χ4v) is 6.54. The summed E-state index contributed by atoms with van der Waals surface area (Å²) in [5.74, 6) is 0.642. The van der Waals surface area contributed by atoms with Crippen molar-refractivity contribution in [2.75, 3.05) is 38.2 Å². The first-order valence-electron chi connectivity index (χ1n) is 13.7. The Kier molecular flexibility index (Phi) is 5.89. The van der Waals surface area contributed by atoms with Gasteiger partial charge in [0, 0.05) is 48.5 Å². The van der Waals surface area contributed by atoms with Crippen LogP contribution in [0.3, 0.4) is 0 Å². The highest BCUT2D eigenvalue weighted by atomic mass is 19.1. The van der Waals surface area contributed by atoms with Gasteiger partial charge in [0.1, 0.15) is 18.2 Å². The molecule has 3 atom stereocenters. The van der Waals surface area contributed by atoms with E-state index in [1.54, 1.807) is 6.07 Å². The quantitative estimate of drug-likeness (QED) is 0.416. The lowest BCUT2D eigenvalue weighted by molar-refractivity contribution is 0.188. The lowest BCUT2D eigenvalue weighted by atomic mass is 9.98. The molecule has 8 heteroatoms. The number of benzene rings is 2. The second-order valence-electron chi connectivity index (χ2n) is 11.1. The maximum atomic E-state index is 14.2. The Morgan fingerprint density at radius 2 is 1.89 bits per heavy atom. The van der Waals surface area contributed by atoms with Gasteiger partial charge >= 0.3 is 6.01 Å². The Morgan fingerprint density at radius 1 is 1.05 bits per heavy atom. The summed E-state index contributed by atoms with van der Waals surface area (Å²) in [6.45, 7) is 5.55. The van der Waals surface area contributed by atoms with Crippen molar-refractivity contribution in [3.05, 3.63) is 54.0 Å². The Balaban J connectivity index is 1.35. The van der Waals surface area contributed by atoms with Gasteiger partial charge in [-0.1, -0.05) is 24.3 Å². The van der Waals surface area contributed by atoms with Crippen LogP contribution in [0.25, 0.3) is 32.9 Å². The zero-order valence-electron chi connectivity index (χ0n) is 22.0. The van der Waals surface area contributed by atoms with Gasteiger partial charge in [0.25, 0.3) is 0 Å². The maximum Gasteiger partial charge on any atom is 0.319 e. The van der Waals surface area contributed by atoms with Gasteiger partial charge < -0.3 is 19.9 Å². The number of hydrogen-bond donors (Lipinski definition) is 1. The topological polar surface area (TPSA) is 66.4 Å². The van der Waals surface area contributed by atoms with Crippen LogP contribution in [-0.2, 0) is 0 Å². The van der Waals surface area contributed by atoms with E-state index in [2.05, 4.69) is 29.1 Å². The molecule has 7 rings (SSSR count). The Bertz CT molecular complexity index is 1510. The number of halogens is 1. The number of aryl methyl sites for hydroxylation is 1. The molecule has 2 aromatic heterocycles. The van der Waals surface area contributed by atoms with E-state index in [1.807, 2.05) is 30.5 Å². The minimum atomic E-state index is -0.256. The van der Waals surface area contributed by atoms with Crippen molar-refractivity contribution in [3.63, 3.8) is 0 Å². The smallest absolute Gasteiger partial charge is 0.319 e. The largest absolute Gasteiger partial charge is 0.462 e. The highest BCUT2D eigenvalue weighted by Crippen LogP contribution is 2.36. The number of ether oxygens (including phenoxy) is 1. The number of nitrogens with one attached hydrogen (secondary N) is 1. The molecular formula is C30H33FN6O. The summed E-state index contributed by atoms with van der Waals surface area (Å²) >= 11 is 0. The summed E-state index contributed by atoms with van der Waals surface area (Å²) in [4.78, 5) is 19.6. The van der Waals surface area contributed by atoms with Crippen molar-refractivity contribution in [2.45, 2.75) is 50.7 Å². The van der Waals surface area contributed by atoms with Gasteiger partial charge in [-0.05, 0) is 69.1 Å². The normalized spacial score (nSPS) is 23.6. The second-order valence-corrected chi connectivity index (χ2v) is 11.1. The zero-order chi connectivity index (χ0) is 25.8. The van der Waals surface area contributed by atoms with Crippen LogP contribution >= 0.6 is 0 Å². The van der Waals surface area contributed by atoms with Crippen LogP contribution in [0.5, 0.6) is 6.01 Å². The number of likely N-dealkylation sites (N-methyl/N-ethyl adjacent to an activating group) is 1. The molecule has 2 aromatic carbocycles. The van der Waals surface area contributed by atoms with Gasteiger partial charge in [-0.2, -0.15) is 9.97 Å². The number of rotatable bonds is 5. The third-order valence-electron chi connectivity index (χ3n) is 8.63. The molecule has 0 amide bonds. The van der Waals surface area contributed by atoms with Gasteiger partial charge in [-0.15, -0.1) is 0 Å². The summed E-state index contributed by atoms with van der Waals surface area (Å²) in [6.07, 6.45) is 6.60. The molecule has 3 aliphatic rings. The molecule has 196 valence electrons. The number of anilines is 1. The molecule has 7 nitrogen and oxygen atoms in total. The van der Waals surface area contributed by atoms with E-state index in [4.69, 9.17) is 19.7 Å². The van der Waals surface area contributed by atoms with Crippen molar-refractivity contribution in [3.8, 4) is 17.3 Å². The molecule has 2 unspecified atom stereocenters. The third kappa shape index (κ3) is 4.16. The van der Waals surface area contributed by atoms with E-state index >= 15 is 0 Å². The van der Waals surface area contributed by atoms with E-state index in [1.165, 1.54) is 25.3 Å². The van der Waals surface area contributed by atoms with E-state index in [0.29, 0.717) is 30.7 Å². The van der Waals surface area contributed by atoms with Crippen LogP contribution < -0.4 is 15.0 Å². The average Bonchev–Trinajstić information content (AvgIpc) is 3.50. The fraction of sp³-hybridized carbons (Fsp3) is 0.433. The van der Waals surface area contributed by atoms with Crippen LogP contribution in [0, 0.1) is 12.7 Å². The van der Waals surface area contributed by atoms with Crippen molar-refractivity contribution in [1.82, 2.24) is 25.2 Å². The first-order chi connectivity index (χ1) is 18.5. The van der Waals surface area contributed by atoms with Crippen LogP contribution in [0.1, 0.15) is 31.2 Å². The second kappa shape index (κ2) is 9.43. The highest BCUT2D eigenvalue weighted by Gasteiger charge is 2.34. The lowest BCUT2D eigenvalue weighted by Crippen LogP contribution is -2.51. The monoisotopic (exact) mass is 512 g/mol. The molecule has 3 fully saturated rings. The number of nitrogens with zero attached hydrogens (tertiary/aromatic N) is 5. The van der Waals surface area contributed by atoms with Gasteiger partial charge in [0.05, 0.1) is 16.6 Å². The predicted octanol–water partition coefficient (Wildman–Crippen LogP) is 4.71. The molecule has 0 saturated carbocycles. The summed E-state index contributed by atoms with van der Waals surface area (Å²) in [6, 6.07) is 12.7. The summed E-state index contributed by atoms with van der Waals surface area (Å²) in [5.41, 5.74) is 3.50. The number of pyridine rings is 1. The van der Waals surface area contributed by atoms with Crippen LogP contribution in [0.4, 0.5) is 10.2 Å². The van der Waals surface area contributed by atoms with Gasteiger partial charge in [0.15, 0.2) is 0 Å². The van der Waals surface area contributed by atoms with E-state index < -0.39 is 0 Å². The predicted molar refractivity (Wildman–Crippen MR) is 148 cm³/mol. The molecule has 5 heterocycles. The Morgan fingerprint density at radius 3 is 2.68 bits per heavy atom. The molecule has 0 aliphatic carbocycles. The number of hydrogen-bond acceptors (Lipinski definition) is 7. The molecular weight excluding hydrogens is 479 g/mol. The van der Waals surface area contributed by atoms with Crippen molar-refractivity contribution < 1.29 is 9.13 Å². The van der Waals surface area contributed by atoms with Crippen molar-refractivity contribution in [1.29, 1.82) is 0 Å². The standard InChI is InChI=1S/C30H33FN6O/c1-18-27(24-7-3-5-19-8-9-20(31)13-25(19)24)32-14-26-28(18)34-30(38-17-23-6-4-12-36(23)2)35-29(26)37-15-21-10-11-22(16-37)33-21/h3,5,7-9,13-14,21-23,33H,4,6,10-12,15-17H2,1-2H3/t21?,22?,23-/m0/s1. The number of fused-ring (bicyclic) bond motifs is 4. The minimum Gasteiger partial charge on any atom is -0.462 e. The van der Waals surface area contributed by atoms with E-state index in [0.717, 1.165) is 70.4 Å². The summed E-state index contributed by atoms with van der Waals surface area (Å²) in [5, 5.41) is 6.47. The van der Waals surface area contributed by atoms with E-state index in [9.17, 15) is 4.39 Å². The van der Waals surface area contributed by atoms with Gasteiger partial charge in [-0.25, -0.2) is 4.39 Å². The number of piperazine rings is 1. The molecule has 0 spiro atoms. The Labute approximate surface area is 222 Å². The maximum absolute atomic E-state index is 14.2. The van der Waals surface area contributed by atoms with Crippen molar-refractivity contribution in [2.24, 2.45) is 0 Å².